The van der Waals surface area contributed by atoms with E-state index in [1.807, 2.05) is 13.8 Å². The number of hydrogen-bond acceptors (Lipinski definition) is 3. The molecule has 1 amide bonds. The molecule has 0 fully saturated rings. The molecule has 0 aromatic heterocycles. The molecule has 0 aliphatic carbocycles. The third-order valence-electron chi connectivity index (χ3n) is 2.68. The molecule has 4 heteroatoms. The lowest BCUT2D eigenvalue weighted by molar-refractivity contribution is -0.123. The van der Waals surface area contributed by atoms with E-state index in [2.05, 4.69) is 5.32 Å². The number of hydrogen-bond donors (Lipinski definition) is 3. The van der Waals surface area contributed by atoms with E-state index < -0.39 is 5.54 Å². The Balaban J connectivity index is 3.72. The Morgan fingerprint density at radius 2 is 2.07 bits per heavy atom. The van der Waals surface area contributed by atoms with Gasteiger partial charge >= 0.3 is 0 Å². The van der Waals surface area contributed by atoms with Crippen LogP contribution in [0.15, 0.2) is 0 Å². The van der Waals surface area contributed by atoms with E-state index >= 15 is 0 Å². The Labute approximate surface area is 92.2 Å². The van der Waals surface area contributed by atoms with Gasteiger partial charge in [-0.15, -0.1) is 0 Å². The first-order valence-electron chi connectivity index (χ1n) is 5.70. The molecule has 0 radical (unpaired) electrons. The molecule has 0 saturated carbocycles. The molecule has 0 bridgehead atoms. The molecule has 1 atom stereocenters. The van der Waals surface area contributed by atoms with E-state index in [1.165, 1.54) is 0 Å². The average Bonchev–Trinajstić information content (AvgIpc) is 2.24. The molecule has 0 aromatic rings. The lowest BCUT2D eigenvalue weighted by Crippen LogP contribution is -2.48. The van der Waals surface area contributed by atoms with Gasteiger partial charge in [-0.2, -0.15) is 0 Å². The predicted molar refractivity (Wildman–Crippen MR) is 61.4 cm³/mol. The van der Waals surface area contributed by atoms with Crippen molar-refractivity contribution in [2.45, 2.75) is 51.5 Å². The zero-order valence-corrected chi connectivity index (χ0v) is 9.88. The minimum absolute atomic E-state index is 0.0158. The summed E-state index contributed by atoms with van der Waals surface area (Å²) in [4.78, 5) is 11.5. The summed E-state index contributed by atoms with van der Waals surface area (Å²) < 4.78 is 0. The van der Waals surface area contributed by atoms with Crippen molar-refractivity contribution in [2.75, 3.05) is 13.2 Å². The van der Waals surface area contributed by atoms with E-state index in [0.717, 1.165) is 25.7 Å². The van der Waals surface area contributed by atoms with Gasteiger partial charge in [0.05, 0.1) is 12.1 Å². The van der Waals surface area contributed by atoms with Crippen molar-refractivity contribution < 1.29 is 9.90 Å². The van der Waals surface area contributed by atoms with E-state index in [9.17, 15) is 4.79 Å². The van der Waals surface area contributed by atoms with Crippen LogP contribution >= 0.6 is 0 Å². The normalized spacial score (nSPS) is 14.7. The average molecular weight is 216 g/mol. The summed E-state index contributed by atoms with van der Waals surface area (Å²) in [5.74, 6) is 0.0189. The highest BCUT2D eigenvalue weighted by Crippen LogP contribution is 2.08. The Bertz CT molecular complexity index is 179. The molecule has 0 aromatic carbocycles. The minimum Gasteiger partial charge on any atom is -0.394 e. The second-order valence-electron chi connectivity index (χ2n) is 4.22. The summed E-state index contributed by atoms with van der Waals surface area (Å²) in [5, 5.41) is 12.0. The Morgan fingerprint density at radius 1 is 1.40 bits per heavy atom. The number of aliphatic hydroxyl groups is 1. The van der Waals surface area contributed by atoms with Crippen LogP contribution in [0.1, 0.15) is 46.0 Å². The molecule has 4 nitrogen and oxygen atoms in total. The number of nitrogens with two attached hydrogens (primary N) is 1. The molecular formula is C11H24N2O2. The van der Waals surface area contributed by atoms with E-state index in [-0.39, 0.29) is 12.5 Å². The van der Waals surface area contributed by atoms with Crippen LogP contribution < -0.4 is 11.1 Å². The molecule has 0 heterocycles. The molecule has 0 rings (SSSR count). The minimum atomic E-state index is -0.467. The molecule has 0 spiro atoms. The van der Waals surface area contributed by atoms with Crippen LogP contribution in [-0.4, -0.2) is 29.7 Å². The van der Waals surface area contributed by atoms with Crippen molar-refractivity contribution in [1.82, 2.24) is 5.32 Å². The van der Waals surface area contributed by atoms with Gasteiger partial charge < -0.3 is 16.2 Å². The van der Waals surface area contributed by atoms with E-state index in [1.54, 1.807) is 0 Å². The standard InChI is InChI=1S/C11H24N2O2/c1-3-11(2,9-14)13-10(15)7-5-4-6-8-12/h14H,3-9,12H2,1-2H3,(H,13,15). The molecule has 1 unspecified atom stereocenters. The number of aliphatic hydroxyl groups excluding tert-OH is 1. The van der Waals surface area contributed by atoms with Crippen LogP contribution in [0.4, 0.5) is 0 Å². The summed E-state index contributed by atoms with van der Waals surface area (Å²) in [6.45, 7) is 4.47. The molecule has 0 aliphatic rings. The van der Waals surface area contributed by atoms with Gasteiger partial charge in [0, 0.05) is 6.42 Å². The SMILES string of the molecule is CCC(C)(CO)NC(=O)CCCCCN. The fraction of sp³-hybridized carbons (Fsp3) is 0.909. The first kappa shape index (κ1) is 14.4. The maximum atomic E-state index is 11.5. The first-order chi connectivity index (χ1) is 7.08. The van der Waals surface area contributed by atoms with E-state index in [4.69, 9.17) is 10.8 Å². The lowest BCUT2D eigenvalue weighted by Gasteiger charge is -2.27. The number of unbranched alkanes of at least 4 members (excludes halogenated alkanes) is 2. The summed E-state index contributed by atoms with van der Waals surface area (Å²) in [5.41, 5.74) is 4.89. The van der Waals surface area contributed by atoms with Crippen molar-refractivity contribution >= 4 is 5.91 Å². The van der Waals surface area contributed by atoms with Gasteiger partial charge in [-0.05, 0) is 32.7 Å². The zero-order valence-electron chi connectivity index (χ0n) is 9.88. The summed E-state index contributed by atoms with van der Waals surface area (Å²) >= 11 is 0. The van der Waals surface area contributed by atoms with Crippen LogP contribution in [0.3, 0.4) is 0 Å². The van der Waals surface area contributed by atoms with Crippen LogP contribution in [0, 0.1) is 0 Å². The van der Waals surface area contributed by atoms with Crippen LogP contribution in [0.25, 0.3) is 0 Å². The Hall–Kier alpha value is -0.610. The van der Waals surface area contributed by atoms with Gasteiger partial charge in [-0.1, -0.05) is 13.3 Å². The molecular weight excluding hydrogens is 192 g/mol. The van der Waals surface area contributed by atoms with Gasteiger partial charge in [-0.3, -0.25) is 4.79 Å². The third-order valence-corrected chi connectivity index (χ3v) is 2.68. The monoisotopic (exact) mass is 216 g/mol. The van der Waals surface area contributed by atoms with Crippen molar-refractivity contribution in [2.24, 2.45) is 5.73 Å². The second kappa shape index (κ2) is 7.65. The first-order valence-corrected chi connectivity index (χ1v) is 5.70. The maximum absolute atomic E-state index is 11.5. The number of rotatable bonds is 8. The van der Waals surface area contributed by atoms with E-state index in [0.29, 0.717) is 13.0 Å². The molecule has 90 valence electrons. The highest BCUT2D eigenvalue weighted by molar-refractivity contribution is 5.76. The smallest absolute Gasteiger partial charge is 0.220 e. The fourth-order valence-corrected chi connectivity index (χ4v) is 1.25. The van der Waals surface area contributed by atoms with Gasteiger partial charge in [0.1, 0.15) is 0 Å². The largest absolute Gasteiger partial charge is 0.394 e. The highest BCUT2D eigenvalue weighted by atomic mass is 16.3. The number of amides is 1. The van der Waals surface area contributed by atoms with Crippen LogP contribution in [-0.2, 0) is 4.79 Å². The van der Waals surface area contributed by atoms with Gasteiger partial charge in [0.15, 0.2) is 0 Å². The summed E-state index contributed by atoms with van der Waals surface area (Å²) in [7, 11) is 0. The quantitative estimate of drug-likeness (QED) is 0.525. The van der Waals surface area contributed by atoms with Gasteiger partial charge in [0.2, 0.25) is 5.91 Å². The summed E-state index contributed by atoms with van der Waals surface area (Å²) in [6, 6.07) is 0. The topological polar surface area (TPSA) is 75.3 Å². The molecule has 15 heavy (non-hydrogen) atoms. The zero-order chi connectivity index (χ0) is 11.7. The van der Waals surface area contributed by atoms with Crippen LogP contribution in [0.2, 0.25) is 0 Å². The summed E-state index contributed by atoms with van der Waals surface area (Å²) in [6.07, 6.45) is 4.09. The Morgan fingerprint density at radius 3 is 2.53 bits per heavy atom. The molecule has 0 saturated heterocycles. The maximum Gasteiger partial charge on any atom is 0.220 e. The fourth-order valence-electron chi connectivity index (χ4n) is 1.25. The molecule has 0 aliphatic heterocycles. The van der Waals surface area contributed by atoms with Crippen molar-refractivity contribution in [1.29, 1.82) is 0 Å². The lowest BCUT2D eigenvalue weighted by atomic mass is 10.00. The van der Waals surface area contributed by atoms with Crippen molar-refractivity contribution in [3.63, 3.8) is 0 Å². The van der Waals surface area contributed by atoms with Crippen molar-refractivity contribution in [3.05, 3.63) is 0 Å². The highest BCUT2D eigenvalue weighted by Gasteiger charge is 2.22. The molecule has 4 N–H and O–H groups in total. The number of carbonyl (C=O) groups excluding carboxylic acids is 1. The predicted octanol–water partition coefficient (Wildman–Crippen LogP) is 0.783. The Kier molecular flexibility index (Phi) is 7.34. The van der Waals surface area contributed by atoms with Gasteiger partial charge in [0.25, 0.3) is 0 Å². The second-order valence-corrected chi connectivity index (χ2v) is 4.22. The number of nitrogens with one attached hydrogen (secondary N) is 1. The third kappa shape index (κ3) is 6.47. The van der Waals surface area contributed by atoms with Gasteiger partial charge in [-0.25, -0.2) is 0 Å². The van der Waals surface area contributed by atoms with Crippen molar-refractivity contribution in [3.8, 4) is 0 Å². The van der Waals surface area contributed by atoms with Crippen LogP contribution in [0.5, 0.6) is 0 Å². The number of carbonyl (C=O) groups is 1.